The van der Waals surface area contributed by atoms with Crippen molar-refractivity contribution in [3.05, 3.63) is 59.1 Å². The number of anilines is 2. The highest BCUT2D eigenvalue weighted by molar-refractivity contribution is 5.76. The topological polar surface area (TPSA) is 51.0 Å². The van der Waals surface area contributed by atoms with Gasteiger partial charge in [0, 0.05) is 18.8 Å². The smallest absolute Gasteiger partial charge is 0.280 e. The van der Waals surface area contributed by atoms with Crippen LogP contribution in [0.3, 0.4) is 0 Å². The number of hydrogen-bond acceptors (Lipinski definition) is 4. The van der Waals surface area contributed by atoms with Gasteiger partial charge in [-0.2, -0.15) is 0 Å². The van der Waals surface area contributed by atoms with Gasteiger partial charge in [0.1, 0.15) is 5.82 Å². The second-order valence-corrected chi connectivity index (χ2v) is 5.62. The Bertz CT molecular complexity index is 884. The Balaban J connectivity index is 1.82. The summed E-state index contributed by atoms with van der Waals surface area (Å²) < 4.78 is 1.71. The van der Waals surface area contributed by atoms with Crippen LogP contribution < -0.4 is 10.5 Å². The minimum Gasteiger partial charge on any atom is -0.329 e. The van der Waals surface area contributed by atoms with Crippen LogP contribution in [0.15, 0.2) is 53.6 Å². The summed E-state index contributed by atoms with van der Waals surface area (Å²) in [7, 11) is 1.94. The van der Waals surface area contributed by atoms with Gasteiger partial charge in [-0.3, -0.25) is 9.36 Å². The number of pyridine rings is 1. The molecule has 0 aliphatic heterocycles. The minimum absolute atomic E-state index is 0.0455. The van der Waals surface area contributed by atoms with E-state index in [9.17, 15) is 4.79 Å². The first-order valence-electron chi connectivity index (χ1n) is 7.41. The summed E-state index contributed by atoms with van der Waals surface area (Å²) >= 11 is 0. The normalized spacial score (nSPS) is 14.2. The molecule has 5 nitrogen and oxygen atoms in total. The van der Waals surface area contributed by atoms with Crippen molar-refractivity contribution in [2.45, 2.75) is 18.9 Å². The van der Waals surface area contributed by atoms with Crippen molar-refractivity contribution >= 4 is 22.5 Å². The van der Waals surface area contributed by atoms with Crippen LogP contribution in [0.4, 0.5) is 11.5 Å². The molecule has 5 heteroatoms. The van der Waals surface area contributed by atoms with Crippen LogP contribution in [0.1, 0.15) is 18.9 Å². The summed E-state index contributed by atoms with van der Waals surface area (Å²) in [5, 5.41) is 0. The van der Waals surface area contributed by atoms with Crippen LogP contribution in [-0.4, -0.2) is 21.6 Å². The van der Waals surface area contributed by atoms with E-state index in [0.717, 1.165) is 24.3 Å². The van der Waals surface area contributed by atoms with Crippen molar-refractivity contribution in [1.29, 1.82) is 0 Å². The predicted octanol–water partition coefficient (Wildman–Crippen LogP) is 2.89. The van der Waals surface area contributed by atoms with Gasteiger partial charge >= 0.3 is 0 Å². The van der Waals surface area contributed by atoms with Gasteiger partial charge in [-0.25, -0.2) is 9.97 Å². The SMILES string of the molecule is CN(c1ccccc1)c1ccc2ncn(C3CC3)c(=O)c2n1. The van der Waals surface area contributed by atoms with Gasteiger partial charge < -0.3 is 4.90 Å². The van der Waals surface area contributed by atoms with E-state index in [-0.39, 0.29) is 5.56 Å². The standard InChI is InChI=1S/C17H16N4O/c1-20(12-5-3-2-4-6-12)15-10-9-14-16(19-15)17(22)21(11-18-14)13-7-8-13/h2-6,9-11,13H,7-8H2,1H3. The summed E-state index contributed by atoms with van der Waals surface area (Å²) in [5.74, 6) is 0.742. The second-order valence-electron chi connectivity index (χ2n) is 5.62. The Morgan fingerprint density at radius 1 is 1.14 bits per heavy atom. The van der Waals surface area contributed by atoms with Crippen LogP contribution >= 0.6 is 0 Å². The van der Waals surface area contributed by atoms with Gasteiger partial charge in [0.2, 0.25) is 0 Å². The summed E-state index contributed by atoms with van der Waals surface area (Å²) in [6.45, 7) is 0. The molecule has 1 aliphatic carbocycles. The van der Waals surface area contributed by atoms with Gasteiger partial charge in [0.15, 0.2) is 5.52 Å². The maximum atomic E-state index is 12.6. The monoisotopic (exact) mass is 292 g/mol. The third-order valence-corrected chi connectivity index (χ3v) is 4.04. The van der Waals surface area contributed by atoms with Crippen molar-refractivity contribution in [3.63, 3.8) is 0 Å². The molecule has 3 aromatic rings. The molecule has 0 spiro atoms. The third-order valence-electron chi connectivity index (χ3n) is 4.04. The van der Waals surface area contributed by atoms with Crippen LogP contribution in [0.25, 0.3) is 11.0 Å². The summed E-state index contributed by atoms with van der Waals surface area (Å²) in [6, 6.07) is 14.0. The van der Waals surface area contributed by atoms with Gasteiger partial charge in [0.25, 0.3) is 5.56 Å². The van der Waals surface area contributed by atoms with Gasteiger partial charge in [-0.05, 0) is 37.1 Å². The molecule has 0 N–H and O–H groups in total. The summed E-state index contributed by atoms with van der Waals surface area (Å²) in [5.41, 5.74) is 2.07. The van der Waals surface area contributed by atoms with Crippen LogP contribution in [-0.2, 0) is 0 Å². The van der Waals surface area contributed by atoms with E-state index in [1.807, 2.05) is 54.4 Å². The van der Waals surface area contributed by atoms with Crippen LogP contribution in [0, 0.1) is 0 Å². The molecule has 0 bridgehead atoms. The van der Waals surface area contributed by atoms with Crippen molar-refractivity contribution < 1.29 is 0 Å². The Labute approximate surface area is 127 Å². The fourth-order valence-electron chi connectivity index (χ4n) is 2.59. The average Bonchev–Trinajstić information content (AvgIpc) is 3.40. The number of para-hydroxylation sites is 1. The summed E-state index contributed by atoms with van der Waals surface area (Å²) in [6.07, 6.45) is 3.75. The molecular formula is C17H16N4O. The molecule has 2 aromatic heterocycles. The van der Waals surface area contributed by atoms with E-state index in [0.29, 0.717) is 17.1 Å². The van der Waals surface area contributed by atoms with E-state index in [4.69, 9.17) is 0 Å². The molecule has 0 radical (unpaired) electrons. The molecule has 1 fully saturated rings. The number of hydrogen-bond donors (Lipinski definition) is 0. The van der Waals surface area contributed by atoms with Crippen molar-refractivity contribution in [2.24, 2.45) is 0 Å². The van der Waals surface area contributed by atoms with Crippen molar-refractivity contribution in [2.75, 3.05) is 11.9 Å². The minimum atomic E-state index is -0.0455. The Morgan fingerprint density at radius 3 is 2.64 bits per heavy atom. The first-order valence-corrected chi connectivity index (χ1v) is 7.41. The van der Waals surface area contributed by atoms with Crippen LogP contribution in [0.5, 0.6) is 0 Å². The second kappa shape index (κ2) is 4.94. The highest BCUT2D eigenvalue weighted by Gasteiger charge is 2.25. The molecule has 4 rings (SSSR count). The molecule has 0 amide bonds. The molecule has 0 unspecified atom stereocenters. The number of benzene rings is 1. The summed E-state index contributed by atoms with van der Waals surface area (Å²) in [4.78, 5) is 23.4. The molecular weight excluding hydrogens is 276 g/mol. The maximum absolute atomic E-state index is 12.6. The zero-order chi connectivity index (χ0) is 15.1. The molecule has 0 atom stereocenters. The molecule has 110 valence electrons. The maximum Gasteiger partial charge on any atom is 0.280 e. The predicted molar refractivity (Wildman–Crippen MR) is 86.6 cm³/mol. The molecule has 0 saturated heterocycles. The number of nitrogens with zero attached hydrogens (tertiary/aromatic N) is 4. The number of rotatable bonds is 3. The molecule has 1 aliphatic rings. The average molecular weight is 292 g/mol. The zero-order valence-electron chi connectivity index (χ0n) is 12.3. The highest BCUT2D eigenvalue weighted by Crippen LogP contribution is 2.33. The molecule has 1 aromatic carbocycles. The third kappa shape index (κ3) is 2.15. The Morgan fingerprint density at radius 2 is 1.91 bits per heavy atom. The Hall–Kier alpha value is -2.69. The zero-order valence-corrected chi connectivity index (χ0v) is 12.3. The first-order chi connectivity index (χ1) is 10.7. The number of fused-ring (bicyclic) bond motifs is 1. The van der Waals surface area contributed by atoms with Crippen molar-refractivity contribution in [1.82, 2.24) is 14.5 Å². The van der Waals surface area contributed by atoms with E-state index in [2.05, 4.69) is 9.97 Å². The van der Waals surface area contributed by atoms with Gasteiger partial charge in [0.05, 0.1) is 11.8 Å². The van der Waals surface area contributed by atoms with E-state index >= 15 is 0 Å². The Kier molecular flexibility index (Phi) is 2.92. The fourth-order valence-corrected chi connectivity index (χ4v) is 2.59. The highest BCUT2D eigenvalue weighted by atomic mass is 16.1. The van der Waals surface area contributed by atoms with E-state index in [1.54, 1.807) is 10.9 Å². The lowest BCUT2D eigenvalue weighted by molar-refractivity contribution is 0.696. The quantitative estimate of drug-likeness (QED) is 0.745. The molecule has 1 saturated carbocycles. The first kappa shape index (κ1) is 13.0. The fraction of sp³-hybridized carbons (Fsp3) is 0.235. The number of aromatic nitrogens is 3. The lowest BCUT2D eigenvalue weighted by Crippen LogP contribution is -2.21. The lowest BCUT2D eigenvalue weighted by atomic mass is 10.3. The van der Waals surface area contributed by atoms with Crippen molar-refractivity contribution in [3.8, 4) is 0 Å². The molecule has 2 heterocycles. The molecule has 22 heavy (non-hydrogen) atoms. The lowest BCUT2D eigenvalue weighted by Gasteiger charge is -2.18. The van der Waals surface area contributed by atoms with Gasteiger partial charge in [-0.15, -0.1) is 0 Å². The van der Waals surface area contributed by atoms with Crippen LogP contribution in [0.2, 0.25) is 0 Å². The van der Waals surface area contributed by atoms with E-state index < -0.39 is 0 Å². The largest absolute Gasteiger partial charge is 0.329 e. The van der Waals surface area contributed by atoms with Gasteiger partial charge in [-0.1, -0.05) is 18.2 Å². The van der Waals surface area contributed by atoms with E-state index in [1.165, 1.54) is 0 Å².